The van der Waals surface area contributed by atoms with Gasteiger partial charge in [0.1, 0.15) is 5.54 Å². The Labute approximate surface area is 192 Å². The Morgan fingerprint density at radius 1 is 1.06 bits per heavy atom. The van der Waals surface area contributed by atoms with Gasteiger partial charge in [0.15, 0.2) is 0 Å². The summed E-state index contributed by atoms with van der Waals surface area (Å²) in [5, 5.41) is 2.90. The average molecular weight is 458 g/mol. The second kappa shape index (κ2) is 10.0. The third-order valence-electron chi connectivity index (χ3n) is 6.22. The van der Waals surface area contributed by atoms with Crippen LogP contribution >= 0.6 is 0 Å². The lowest BCUT2D eigenvalue weighted by Crippen LogP contribution is -2.54. The molecule has 0 bridgehead atoms. The summed E-state index contributed by atoms with van der Waals surface area (Å²) < 4.78 is 28.5. The van der Waals surface area contributed by atoms with Gasteiger partial charge in [-0.1, -0.05) is 38.0 Å². The van der Waals surface area contributed by atoms with Gasteiger partial charge in [-0.25, -0.2) is 8.42 Å². The van der Waals surface area contributed by atoms with E-state index < -0.39 is 15.6 Å². The summed E-state index contributed by atoms with van der Waals surface area (Å²) >= 11 is 0. The first-order valence-electron chi connectivity index (χ1n) is 11.4. The molecule has 0 unspecified atom stereocenters. The van der Waals surface area contributed by atoms with Crippen molar-refractivity contribution in [3.8, 4) is 0 Å². The molecule has 6 nitrogen and oxygen atoms in total. The summed E-state index contributed by atoms with van der Waals surface area (Å²) in [4.78, 5) is 15.7. The van der Waals surface area contributed by atoms with Crippen molar-refractivity contribution in [3.63, 3.8) is 0 Å². The van der Waals surface area contributed by atoms with Gasteiger partial charge in [-0.2, -0.15) is 4.72 Å². The minimum Gasteiger partial charge on any atom is -0.372 e. The SMILES string of the molecule is CCC[C@](C)(NS(=O)(=O)c1ccc(C)cc1)C(=O)Nc1ccc(N2CCC(C)CC2)cc1. The van der Waals surface area contributed by atoms with E-state index >= 15 is 0 Å². The summed E-state index contributed by atoms with van der Waals surface area (Å²) in [6.07, 6.45) is 3.42. The van der Waals surface area contributed by atoms with Crippen LogP contribution < -0.4 is 14.9 Å². The van der Waals surface area contributed by atoms with Crippen molar-refractivity contribution in [1.29, 1.82) is 0 Å². The summed E-state index contributed by atoms with van der Waals surface area (Å²) in [5.74, 6) is 0.402. The van der Waals surface area contributed by atoms with Gasteiger partial charge < -0.3 is 10.2 Å². The van der Waals surface area contributed by atoms with Gasteiger partial charge in [0.2, 0.25) is 15.9 Å². The number of anilines is 2. The molecule has 1 fully saturated rings. The Kier molecular flexibility index (Phi) is 7.62. The van der Waals surface area contributed by atoms with Crippen LogP contribution in [0.15, 0.2) is 53.4 Å². The number of nitrogens with one attached hydrogen (secondary N) is 2. The van der Waals surface area contributed by atoms with Gasteiger partial charge >= 0.3 is 0 Å². The second-order valence-corrected chi connectivity index (χ2v) is 10.9. The topological polar surface area (TPSA) is 78.5 Å². The van der Waals surface area contributed by atoms with Crippen LogP contribution in [-0.4, -0.2) is 33.0 Å². The molecule has 1 aliphatic heterocycles. The number of nitrogens with zero attached hydrogens (tertiary/aromatic N) is 1. The highest BCUT2D eigenvalue weighted by Crippen LogP contribution is 2.25. The maximum Gasteiger partial charge on any atom is 0.245 e. The summed E-state index contributed by atoms with van der Waals surface area (Å²) in [6, 6.07) is 14.4. The zero-order chi connectivity index (χ0) is 23.4. The van der Waals surface area contributed by atoms with Gasteiger partial charge in [-0.15, -0.1) is 0 Å². The van der Waals surface area contributed by atoms with E-state index in [4.69, 9.17) is 0 Å². The molecule has 0 saturated carbocycles. The number of benzene rings is 2. The van der Waals surface area contributed by atoms with E-state index in [1.807, 2.05) is 38.1 Å². The minimum atomic E-state index is -3.84. The van der Waals surface area contributed by atoms with E-state index in [2.05, 4.69) is 21.9 Å². The van der Waals surface area contributed by atoms with Crippen LogP contribution in [0, 0.1) is 12.8 Å². The number of piperidine rings is 1. The fraction of sp³-hybridized carbons (Fsp3) is 0.480. The number of hydrogen-bond acceptors (Lipinski definition) is 4. The Balaban J connectivity index is 1.72. The molecule has 1 atom stereocenters. The van der Waals surface area contributed by atoms with Crippen molar-refractivity contribution in [2.75, 3.05) is 23.3 Å². The highest BCUT2D eigenvalue weighted by Gasteiger charge is 2.37. The van der Waals surface area contributed by atoms with E-state index in [-0.39, 0.29) is 10.8 Å². The lowest BCUT2D eigenvalue weighted by Gasteiger charge is -2.32. The Bertz CT molecular complexity index is 1010. The number of carbonyl (C=O) groups excluding carboxylic acids is 1. The van der Waals surface area contributed by atoms with E-state index in [9.17, 15) is 13.2 Å². The van der Waals surface area contributed by atoms with Crippen LogP contribution in [-0.2, 0) is 14.8 Å². The lowest BCUT2D eigenvalue weighted by atomic mass is 9.96. The highest BCUT2D eigenvalue weighted by molar-refractivity contribution is 7.89. The summed E-state index contributed by atoms with van der Waals surface area (Å²) in [6.45, 7) is 9.84. The number of aryl methyl sites for hydroxylation is 1. The van der Waals surface area contributed by atoms with Crippen LogP contribution in [0.5, 0.6) is 0 Å². The molecule has 174 valence electrons. The molecule has 2 N–H and O–H groups in total. The molecule has 3 rings (SSSR count). The van der Waals surface area contributed by atoms with Crippen LogP contribution in [0.3, 0.4) is 0 Å². The number of rotatable bonds is 8. The van der Waals surface area contributed by atoms with E-state index in [1.54, 1.807) is 31.2 Å². The molecule has 0 aromatic heterocycles. The van der Waals surface area contributed by atoms with Crippen LogP contribution in [0.4, 0.5) is 11.4 Å². The zero-order valence-electron chi connectivity index (χ0n) is 19.5. The van der Waals surface area contributed by atoms with Crippen LogP contribution in [0.1, 0.15) is 52.0 Å². The molecule has 0 radical (unpaired) electrons. The summed E-state index contributed by atoms with van der Waals surface area (Å²) in [7, 11) is -3.84. The molecule has 2 aromatic carbocycles. The number of carbonyl (C=O) groups is 1. The van der Waals surface area contributed by atoms with Crippen molar-refractivity contribution in [1.82, 2.24) is 4.72 Å². The van der Waals surface area contributed by atoms with E-state index in [0.29, 0.717) is 18.5 Å². The standard InChI is InChI=1S/C25H35N3O3S/c1-5-16-25(4,27-32(30,31)23-12-6-19(2)7-13-23)24(29)26-21-8-10-22(11-9-21)28-17-14-20(3)15-18-28/h6-13,20,27H,5,14-18H2,1-4H3,(H,26,29)/t25-/m0/s1. The first-order chi connectivity index (χ1) is 15.1. The predicted octanol–water partition coefficient (Wildman–Crippen LogP) is 4.71. The van der Waals surface area contributed by atoms with Crippen molar-refractivity contribution >= 4 is 27.3 Å². The molecule has 2 aromatic rings. The molecular weight excluding hydrogens is 422 g/mol. The largest absolute Gasteiger partial charge is 0.372 e. The molecule has 0 aliphatic carbocycles. The van der Waals surface area contributed by atoms with Gasteiger partial charge in [0.05, 0.1) is 4.90 Å². The van der Waals surface area contributed by atoms with Gasteiger partial charge in [-0.3, -0.25) is 4.79 Å². The molecule has 0 spiro atoms. The smallest absolute Gasteiger partial charge is 0.245 e. The number of hydrogen-bond donors (Lipinski definition) is 2. The fourth-order valence-electron chi connectivity index (χ4n) is 4.08. The van der Waals surface area contributed by atoms with Crippen molar-refractivity contribution in [3.05, 3.63) is 54.1 Å². The third kappa shape index (κ3) is 5.90. The molecule has 32 heavy (non-hydrogen) atoms. The summed E-state index contributed by atoms with van der Waals surface area (Å²) in [5.41, 5.74) is 1.51. The second-order valence-electron chi connectivity index (χ2n) is 9.17. The molecule has 1 saturated heterocycles. The van der Waals surface area contributed by atoms with Crippen molar-refractivity contribution in [2.45, 2.75) is 63.8 Å². The molecule has 7 heteroatoms. The predicted molar refractivity (Wildman–Crippen MR) is 130 cm³/mol. The average Bonchev–Trinajstić information content (AvgIpc) is 2.75. The van der Waals surface area contributed by atoms with Crippen LogP contribution in [0.25, 0.3) is 0 Å². The molecule has 1 aliphatic rings. The van der Waals surface area contributed by atoms with Crippen molar-refractivity contribution in [2.24, 2.45) is 5.92 Å². The minimum absolute atomic E-state index is 0.151. The lowest BCUT2D eigenvalue weighted by molar-refractivity contribution is -0.121. The Morgan fingerprint density at radius 3 is 2.22 bits per heavy atom. The van der Waals surface area contributed by atoms with Gasteiger partial charge in [0.25, 0.3) is 0 Å². The molecule has 1 heterocycles. The number of amides is 1. The quantitative estimate of drug-likeness (QED) is 0.602. The maximum atomic E-state index is 13.2. The third-order valence-corrected chi connectivity index (χ3v) is 7.83. The Morgan fingerprint density at radius 2 is 1.66 bits per heavy atom. The monoisotopic (exact) mass is 457 g/mol. The maximum absolute atomic E-state index is 13.2. The molecule has 1 amide bonds. The first kappa shape index (κ1) is 24.3. The fourth-order valence-corrected chi connectivity index (χ4v) is 5.48. The number of sulfonamides is 1. The van der Waals surface area contributed by atoms with Crippen molar-refractivity contribution < 1.29 is 13.2 Å². The van der Waals surface area contributed by atoms with Gasteiger partial charge in [-0.05, 0) is 75.4 Å². The van der Waals surface area contributed by atoms with Crippen LogP contribution in [0.2, 0.25) is 0 Å². The first-order valence-corrected chi connectivity index (χ1v) is 12.9. The Hall–Kier alpha value is -2.38. The highest BCUT2D eigenvalue weighted by atomic mass is 32.2. The van der Waals surface area contributed by atoms with Gasteiger partial charge in [0, 0.05) is 24.5 Å². The van der Waals surface area contributed by atoms with E-state index in [0.717, 1.165) is 30.3 Å². The normalized spacial score (nSPS) is 17.1. The zero-order valence-corrected chi connectivity index (χ0v) is 20.3. The molecular formula is C25H35N3O3S. The van der Waals surface area contributed by atoms with E-state index in [1.165, 1.54) is 12.8 Å².